The molecule has 10 nitrogen and oxygen atoms in total. The summed E-state index contributed by atoms with van der Waals surface area (Å²) in [5, 5.41) is -9.27. The molecule has 0 saturated carbocycles. The highest BCUT2D eigenvalue weighted by Crippen LogP contribution is 2.34. The van der Waals surface area contributed by atoms with Crippen LogP contribution in [0.1, 0.15) is 77.6 Å². The molecule has 252 valence electrons. The van der Waals surface area contributed by atoms with Gasteiger partial charge in [0.2, 0.25) is 10.7 Å². The number of nitrogens with two attached hydrogens (primary N) is 2. The monoisotopic (exact) mass is 706 g/mol. The summed E-state index contributed by atoms with van der Waals surface area (Å²) < 4.78 is 127. The van der Waals surface area contributed by atoms with Crippen molar-refractivity contribution in [3.05, 3.63) is 0 Å². The molecule has 0 fully saturated rings. The zero-order valence-electron chi connectivity index (χ0n) is 23.7. The molecule has 0 aliphatic carbocycles. The third-order valence-corrected chi connectivity index (χ3v) is 8.94. The third-order valence-electron chi connectivity index (χ3n) is 6.77. The standard InChI is InChI=1S/C23H40F6N6O4S4/c1-2-3-4-5-6-7-8-9-10-11-12-16-32-13-14-33(16)15-17(34(20(30)40)18(42(36)37)22(24,25)26)35(21(31)41)19(43(38)39)23(27,28)29/h17-19H,2-15H2,1H3,(H2,30,40)(H2,31,41)(H,36,37)(H,38,39). The highest BCUT2D eigenvalue weighted by molar-refractivity contribution is 7.81. The van der Waals surface area contributed by atoms with E-state index in [-0.39, 0.29) is 22.9 Å². The van der Waals surface area contributed by atoms with Crippen molar-refractivity contribution >= 4 is 62.7 Å². The van der Waals surface area contributed by atoms with Crippen LogP contribution < -0.4 is 11.5 Å². The number of hydrogen-bond donors (Lipinski definition) is 4. The predicted molar refractivity (Wildman–Crippen MR) is 163 cm³/mol. The fraction of sp³-hybridized carbons (Fsp3) is 0.870. The van der Waals surface area contributed by atoms with E-state index in [9.17, 15) is 43.9 Å². The number of nitrogens with zero attached hydrogens (tertiary/aromatic N) is 4. The van der Waals surface area contributed by atoms with E-state index in [1.807, 2.05) is 0 Å². The lowest BCUT2D eigenvalue weighted by Gasteiger charge is -2.46. The maximum absolute atomic E-state index is 14.0. The summed E-state index contributed by atoms with van der Waals surface area (Å²) in [5.74, 6) is 0.373. The van der Waals surface area contributed by atoms with Crippen LogP contribution in [0.5, 0.6) is 0 Å². The van der Waals surface area contributed by atoms with Crippen LogP contribution in [0.15, 0.2) is 4.99 Å². The first kappa shape index (κ1) is 39.7. The molecule has 1 aliphatic rings. The number of rotatable bonds is 19. The maximum Gasteiger partial charge on any atom is 0.423 e. The van der Waals surface area contributed by atoms with Crippen molar-refractivity contribution in [3.63, 3.8) is 0 Å². The summed E-state index contributed by atoms with van der Waals surface area (Å²) in [7, 11) is 0. The summed E-state index contributed by atoms with van der Waals surface area (Å²) in [6.45, 7) is 1.61. The molecule has 0 aromatic heterocycles. The Hall–Kier alpha value is -1.35. The quantitative estimate of drug-likeness (QED) is 0.0489. The van der Waals surface area contributed by atoms with Crippen molar-refractivity contribution in [1.29, 1.82) is 0 Å². The highest BCUT2D eigenvalue weighted by Gasteiger charge is 2.57. The van der Waals surface area contributed by atoms with Crippen LogP contribution in [-0.2, 0) is 22.2 Å². The van der Waals surface area contributed by atoms with Crippen LogP contribution in [-0.4, -0.2) is 97.2 Å². The van der Waals surface area contributed by atoms with Gasteiger partial charge in [-0.2, -0.15) is 26.3 Å². The van der Waals surface area contributed by atoms with Crippen molar-refractivity contribution in [2.24, 2.45) is 16.5 Å². The van der Waals surface area contributed by atoms with E-state index in [1.54, 1.807) is 0 Å². The minimum Gasteiger partial charge on any atom is -0.376 e. The Labute approximate surface area is 263 Å². The lowest BCUT2D eigenvalue weighted by Crippen LogP contribution is -2.69. The SMILES string of the molecule is CCCCCCCCCCCCC1=NCCN1CC(N(C(N)=S)C(S(=O)O)C(F)(F)F)N(C(N)=S)C(S(=O)O)C(F)(F)F. The normalized spacial score (nSPS) is 17.6. The zero-order chi connectivity index (χ0) is 33.0. The summed E-state index contributed by atoms with van der Waals surface area (Å²) in [4.78, 5) is 5.41. The van der Waals surface area contributed by atoms with Gasteiger partial charge in [0.25, 0.3) is 0 Å². The van der Waals surface area contributed by atoms with Crippen LogP contribution in [0, 0.1) is 0 Å². The Bertz CT molecular complexity index is 941. The fourth-order valence-electron chi connectivity index (χ4n) is 4.82. The fourth-order valence-corrected chi connectivity index (χ4v) is 6.76. The van der Waals surface area contributed by atoms with Gasteiger partial charge in [0.15, 0.2) is 32.4 Å². The van der Waals surface area contributed by atoms with Gasteiger partial charge in [0, 0.05) is 13.0 Å². The van der Waals surface area contributed by atoms with Crippen LogP contribution >= 0.6 is 24.4 Å². The van der Waals surface area contributed by atoms with Gasteiger partial charge in [-0.15, -0.1) is 0 Å². The maximum atomic E-state index is 14.0. The number of aliphatic imine (C=N–C) groups is 1. The Balaban J connectivity index is 3.27. The average Bonchev–Trinajstić information content (AvgIpc) is 3.30. The largest absolute Gasteiger partial charge is 0.423 e. The number of amidine groups is 1. The second kappa shape index (κ2) is 18.6. The Morgan fingerprint density at radius 2 is 1.26 bits per heavy atom. The second-order valence-electron chi connectivity index (χ2n) is 9.99. The van der Waals surface area contributed by atoms with Crippen LogP contribution in [0.25, 0.3) is 0 Å². The molecule has 20 heteroatoms. The molecule has 1 rings (SSSR count). The molecule has 43 heavy (non-hydrogen) atoms. The van der Waals surface area contributed by atoms with Gasteiger partial charge >= 0.3 is 12.4 Å². The zero-order valence-corrected chi connectivity index (χ0v) is 27.0. The summed E-state index contributed by atoms with van der Waals surface area (Å²) in [6, 6.07) is 0. The molecule has 6 N–H and O–H groups in total. The first-order valence-corrected chi connectivity index (χ1v) is 16.9. The number of unbranched alkanes of at least 4 members (excludes halogenated alkanes) is 9. The highest BCUT2D eigenvalue weighted by atomic mass is 32.2. The van der Waals surface area contributed by atoms with E-state index in [0.29, 0.717) is 18.7 Å². The molecule has 1 heterocycles. The van der Waals surface area contributed by atoms with E-state index in [2.05, 4.69) is 11.9 Å². The average molecular weight is 707 g/mol. The van der Waals surface area contributed by atoms with Gasteiger partial charge < -0.3 is 35.3 Å². The molecular weight excluding hydrogens is 667 g/mol. The molecule has 0 aromatic carbocycles. The minimum atomic E-state index is -5.53. The minimum absolute atomic E-state index is 0.0672. The molecule has 0 aromatic rings. The summed E-state index contributed by atoms with van der Waals surface area (Å²) in [5.41, 5.74) is 11.0. The molecule has 0 radical (unpaired) electrons. The van der Waals surface area contributed by atoms with Crippen molar-refractivity contribution in [1.82, 2.24) is 14.7 Å². The van der Waals surface area contributed by atoms with E-state index in [0.717, 1.165) is 32.1 Å². The van der Waals surface area contributed by atoms with Gasteiger partial charge in [0.05, 0.1) is 18.9 Å². The first-order chi connectivity index (χ1) is 19.9. The third kappa shape index (κ3) is 12.9. The van der Waals surface area contributed by atoms with Crippen LogP contribution in [0.4, 0.5) is 26.3 Å². The lowest BCUT2D eigenvalue weighted by atomic mass is 10.1. The molecular formula is C23H40F6N6O4S4. The van der Waals surface area contributed by atoms with E-state index >= 15 is 0 Å². The molecule has 0 spiro atoms. The summed E-state index contributed by atoms with van der Waals surface area (Å²) in [6.07, 6.45) is -2.60. The van der Waals surface area contributed by atoms with E-state index in [1.165, 1.54) is 30.6 Å². The van der Waals surface area contributed by atoms with Gasteiger partial charge in [-0.25, -0.2) is 8.42 Å². The Morgan fingerprint density at radius 1 is 0.860 bits per heavy atom. The predicted octanol–water partition coefficient (Wildman–Crippen LogP) is 4.65. The topological polar surface area (TPSA) is 149 Å². The number of hydrogen-bond acceptors (Lipinski definition) is 6. The Morgan fingerprint density at radius 3 is 1.60 bits per heavy atom. The molecule has 0 bridgehead atoms. The van der Waals surface area contributed by atoms with Crippen LogP contribution in [0.2, 0.25) is 0 Å². The molecule has 4 unspecified atom stereocenters. The van der Waals surface area contributed by atoms with E-state index in [4.69, 9.17) is 35.9 Å². The lowest BCUT2D eigenvalue weighted by molar-refractivity contribution is -0.176. The van der Waals surface area contributed by atoms with Gasteiger partial charge in [-0.05, 0) is 30.9 Å². The summed E-state index contributed by atoms with van der Waals surface area (Å²) >= 11 is 1.84. The van der Waals surface area contributed by atoms with Gasteiger partial charge in [0.1, 0.15) is 6.17 Å². The molecule has 1 aliphatic heterocycles. The van der Waals surface area contributed by atoms with Gasteiger partial charge in [-0.1, -0.05) is 64.7 Å². The van der Waals surface area contributed by atoms with Crippen molar-refractivity contribution in [2.75, 3.05) is 19.6 Å². The molecule has 4 atom stereocenters. The first-order valence-electron chi connectivity index (χ1n) is 13.7. The molecule has 0 amide bonds. The van der Waals surface area contributed by atoms with Crippen molar-refractivity contribution in [3.8, 4) is 0 Å². The number of halogens is 6. The van der Waals surface area contributed by atoms with Gasteiger partial charge in [-0.3, -0.25) is 4.99 Å². The smallest absolute Gasteiger partial charge is 0.376 e. The van der Waals surface area contributed by atoms with Crippen molar-refractivity contribution < 1.29 is 43.9 Å². The number of thiocarbonyl (C=S) groups is 2. The molecule has 0 saturated heterocycles. The van der Waals surface area contributed by atoms with Crippen molar-refractivity contribution in [2.45, 2.75) is 107 Å². The Kier molecular flexibility index (Phi) is 17.1. The van der Waals surface area contributed by atoms with Crippen LogP contribution in [0.3, 0.4) is 0 Å². The second-order valence-corrected chi connectivity index (χ2v) is 12.8. The number of alkyl halides is 6. The van der Waals surface area contributed by atoms with E-state index < -0.39 is 68.2 Å².